The summed E-state index contributed by atoms with van der Waals surface area (Å²) in [5.74, 6) is -0.0500. The maximum atomic E-state index is 12.1. The van der Waals surface area contributed by atoms with Crippen molar-refractivity contribution in [2.75, 3.05) is 5.33 Å². The molecule has 5 heteroatoms. The monoisotopic (exact) mass is 338 g/mol. The van der Waals surface area contributed by atoms with E-state index in [1.807, 2.05) is 25.1 Å². The molecule has 1 N–H and O–H groups in total. The van der Waals surface area contributed by atoms with Gasteiger partial charge in [0.05, 0.1) is 11.2 Å². The maximum Gasteiger partial charge on any atom is 0.263 e. The number of thiazole rings is 1. The van der Waals surface area contributed by atoms with E-state index in [1.54, 1.807) is 6.20 Å². The molecule has 3 nitrogen and oxygen atoms in total. The van der Waals surface area contributed by atoms with Gasteiger partial charge >= 0.3 is 0 Å². The van der Waals surface area contributed by atoms with Crippen LogP contribution in [0.5, 0.6) is 0 Å². The molecular formula is C14H15BrN2OS. The second kappa shape index (κ2) is 6.82. The molecule has 0 aliphatic rings. The molecule has 0 fully saturated rings. The minimum absolute atomic E-state index is 0.0500. The van der Waals surface area contributed by atoms with Gasteiger partial charge in [-0.15, -0.1) is 11.3 Å². The van der Waals surface area contributed by atoms with Gasteiger partial charge in [0.2, 0.25) is 0 Å². The lowest BCUT2D eigenvalue weighted by Crippen LogP contribution is -2.37. The lowest BCUT2D eigenvalue weighted by atomic mass is 10.1. The summed E-state index contributed by atoms with van der Waals surface area (Å²) in [5.41, 5.74) is 1.22. The van der Waals surface area contributed by atoms with Crippen LogP contribution in [0.15, 0.2) is 36.5 Å². The molecule has 1 amide bonds. The Balaban J connectivity index is 1.97. The number of amides is 1. The average Bonchev–Trinajstić information content (AvgIpc) is 2.86. The van der Waals surface area contributed by atoms with E-state index in [0.29, 0.717) is 4.88 Å². The minimum atomic E-state index is -0.0500. The SMILES string of the molecule is Cc1ncc(C(=O)NC(CBr)Cc2ccccc2)s1. The zero-order valence-electron chi connectivity index (χ0n) is 10.6. The molecule has 0 radical (unpaired) electrons. The summed E-state index contributed by atoms with van der Waals surface area (Å²) >= 11 is 4.87. The summed E-state index contributed by atoms with van der Waals surface area (Å²) in [6, 6.07) is 10.2. The molecule has 2 rings (SSSR count). The Kier molecular flexibility index (Phi) is 5.10. The highest BCUT2D eigenvalue weighted by Crippen LogP contribution is 2.12. The number of aromatic nitrogens is 1. The Morgan fingerprint density at radius 1 is 1.42 bits per heavy atom. The van der Waals surface area contributed by atoms with Gasteiger partial charge in [-0.1, -0.05) is 46.3 Å². The Hall–Kier alpha value is -1.20. The molecule has 1 heterocycles. The van der Waals surface area contributed by atoms with E-state index in [2.05, 4.69) is 38.4 Å². The van der Waals surface area contributed by atoms with Crippen LogP contribution in [-0.2, 0) is 6.42 Å². The summed E-state index contributed by atoms with van der Waals surface area (Å²) in [7, 11) is 0. The molecule has 0 spiro atoms. The van der Waals surface area contributed by atoms with Crippen LogP contribution in [0, 0.1) is 6.92 Å². The molecule has 1 unspecified atom stereocenters. The predicted octanol–water partition coefficient (Wildman–Crippen LogP) is 3.19. The van der Waals surface area contributed by atoms with Gasteiger partial charge < -0.3 is 5.32 Å². The second-order valence-electron chi connectivity index (χ2n) is 4.26. The summed E-state index contributed by atoms with van der Waals surface area (Å²) in [5, 5.41) is 4.66. The molecule has 0 aliphatic carbocycles. The van der Waals surface area contributed by atoms with Crippen LogP contribution in [0.2, 0.25) is 0 Å². The zero-order chi connectivity index (χ0) is 13.7. The number of nitrogens with one attached hydrogen (secondary N) is 1. The van der Waals surface area contributed by atoms with Gasteiger partial charge in [0.15, 0.2) is 0 Å². The van der Waals surface area contributed by atoms with E-state index in [-0.39, 0.29) is 11.9 Å². The number of nitrogens with zero attached hydrogens (tertiary/aromatic N) is 1. The van der Waals surface area contributed by atoms with Crippen molar-refractivity contribution in [3.05, 3.63) is 52.0 Å². The number of hydrogen-bond donors (Lipinski definition) is 1. The fraction of sp³-hybridized carbons (Fsp3) is 0.286. The third kappa shape index (κ3) is 4.14. The molecule has 0 saturated carbocycles. The molecule has 0 aliphatic heterocycles. The third-order valence-corrected chi connectivity index (χ3v) is 4.38. The van der Waals surface area contributed by atoms with Gasteiger partial charge in [-0.05, 0) is 18.9 Å². The summed E-state index contributed by atoms with van der Waals surface area (Å²) in [4.78, 5) is 16.8. The van der Waals surface area contributed by atoms with Crippen LogP contribution in [0.1, 0.15) is 20.2 Å². The molecule has 1 atom stereocenters. The highest BCUT2D eigenvalue weighted by Gasteiger charge is 2.15. The molecule has 1 aromatic carbocycles. The van der Waals surface area contributed by atoms with Gasteiger partial charge in [0.1, 0.15) is 4.88 Å². The van der Waals surface area contributed by atoms with Crippen LogP contribution in [0.3, 0.4) is 0 Å². The first-order chi connectivity index (χ1) is 9.19. The molecule has 100 valence electrons. The molecule has 1 aromatic heterocycles. The molecular weight excluding hydrogens is 324 g/mol. The van der Waals surface area contributed by atoms with Crippen molar-refractivity contribution in [3.8, 4) is 0 Å². The second-order valence-corrected chi connectivity index (χ2v) is 6.14. The predicted molar refractivity (Wildman–Crippen MR) is 82.0 cm³/mol. The Bertz CT molecular complexity index is 541. The van der Waals surface area contributed by atoms with Crippen LogP contribution < -0.4 is 5.32 Å². The summed E-state index contributed by atoms with van der Waals surface area (Å²) < 4.78 is 0. The smallest absolute Gasteiger partial charge is 0.263 e. The van der Waals surface area contributed by atoms with Gasteiger partial charge in [0, 0.05) is 11.4 Å². The molecule has 0 bridgehead atoms. The van der Waals surface area contributed by atoms with E-state index in [9.17, 15) is 4.79 Å². The van der Waals surface area contributed by atoms with Crippen molar-refractivity contribution in [1.29, 1.82) is 0 Å². The highest BCUT2D eigenvalue weighted by molar-refractivity contribution is 9.09. The zero-order valence-corrected chi connectivity index (χ0v) is 13.0. The summed E-state index contributed by atoms with van der Waals surface area (Å²) in [6.07, 6.45) is 2.44. The maximum absolute atomic E-state index is 12.1. The first-order valence-corrected chi connectivity index (χ1v) is 7.96. The molecule has 19 heavy (non-hydrogen) atoms. The fourth-order valence-electron chi connectivity index (χ4n) is 1.77. The fourth-order valence-corrected chi connectivity index (χ4v) is 2.84. The Labute approximate surface area is 125 Å². The topological polar surface area (TPSA) is 42.0 Å². The number of carbonyl (C=O) groups is 1. The van der Waals surface area contributed by atoms with Crippen LogP contribution in [-0.4, -0.2) is 22.3 Å². The normalized spacial score (nSPS) is 12.1. The van der Waals surface area contributed by atoms with Crippen molar-refractivity contribution < 1.29 is 4.79 Å². The van der Waals surface area contributed by atoms with E-state index in [4.69, 9.17) is 0 Å². The van der Waals surface area contributed by atoms with Crippen LogP contribution in [0.25, 0.3) is 0 Å². The van der Waals surface area contributed by atoms with E-state index >= 15 is 0 Å². The largest absolute Gasteiger partial charge is 0.347 e. The van der Waals surface area contributed by atoms with Gasteiger partial charge in [-0.25, -0.2) is 4.98 Å². The first kappa shape index (κ1) is 14.2. The number of halogens is 1. The first-order valence-electron chi connectivity index (χ1n) is 6.02. The van der Waals surface area contributed by atoms with Crippen molar-refractivity contribution in [1.82, 2.24) is 10.3 Å². The van der Waals surface area contributed by atoms with Crippen molar-refractivity contribution in [2.45, 2.75) is 19.4 Å². The van der Waals surface area contributed by atoms with Crippen molar-refractivity contribution in [2.24, 2.45) is 0 Å². The number of carbonyl (C=O) groups excluding carboxylic acids is 1. The lowest BCUT2D eigenvalue weighted by molar-refractivity contribution is 0.0945. The number of rotatable bonds is 5. The van der Waals surface area contributed by atoms with Crippen molar-refractivity contribution >= 4 is 33.2 Å². The van der Waals surface area contributed by atoms with Gasteiger partial charge in [-0.2, -0.15) is 0 Å². The van der Waals surface area contributed by atoms with Crippen LogP contribution in [0.4, 0.5) is 0 Å². The number of benzene rings is 1. The highest BCUT2D eigenvalue weighted by atomic mass is 79.9. The van der Waals surface area contributed by atoms with Gasteiger partial charge in [0.25, 0.3) is 5.91 Å². The number of aryl methyl sites for hydroxylation is 1. The van der Waals surface area contributed by atoms with Crippen molar-refractivity contribution in [3.63, 3.8) is 0 Å². The van der Waals surface area contributed by atoms with Gasteiger partial charge in [-0.3, -0.25) is 4.79 Å². The van der Waals surface area contributed by atoms with E-state index in [0.717, 1.165) is 16.8 Å². The third-order valence-electron chi connectivity index (χ3n) is 2.69. The number of hydrogen-bond acceptors (Lipinski definition) is 3. The quantitative estimate of drug-likeness (QED) is 0.850. The van der Waals surface area contributed by atoms with E-state index in [1.165, 1.54) is 16.9 Å². The Morgan fingerprint density at radius 3 is 2.74 bits per heavy atom. The standard InChI is InChI=1S/C14H15BrN2OS/c1-10-16-9-13(19-10)14(18)17-12(8-15)7-11-5-3-2-4-6-11/h2-6,9,12H,7-8H2,1H3,(H,17,18). The molecule has 2 aromatic rings. The number of alkyl halides is 1. The van der Waals surface area contributed by atoms with E-state index < -0.39 is 0 Å². The lowest BCUT2D eigenvalue weighted by Gasteiger charge is -2.15. The molecule has 0 saturated heterocycles. The average molecular weight is 339 g/mol. The minimum Gasteiger partial charge on any atom is -0.347 e. The van der Waals surface area contributed by atoms with Crippen LogP contribution >= 0.6 is 27.3 Å². The Morgan fingerprint density at radius 2 is 2.16 bits per heavy atom. The summed E-state index contributed by atoms with van der Waals surface area (Å²) in [6.45, 7) is 1.90.